The first-order chi connectivity index (χ1) is 15.9. The normalized spacial score (nSPS) is 17.3. The van der Waals surface area contributed by atoms with Crippen LogP contribution in [0.1, 0.15) is 39.0 Å². The molecule has 2 aliphatic rings. The molecule has 1 saturated carbocycles. The molecule has 180 valence electrons. The Kier molecular flexibility index (Phi) is 8.13. The molecule has 1 aliphatic heterocycles. The van der Waals surface area contributed by atoms with Gasteiger partial charge in [0.05, 0.1) is 13.2 Å². The fourth-order valence-electron chi connectivity index (χ4n) is 4.20. The molecular formula is C23H31N3O7. The number of ether oxygens (including phenoxy) is 3. The standard InChI is InChI=1S/C23H31N3O7/c1-3-31-17-7-9-18(10-8-17)32-14-13-24-19(27)16-33-20(28)15-26-21(29)23(25(2)22(26)30)11-5-4-6-12-23/h7-10H,3-6,11-16H2,1-2H3,(H,24,27). The molecule has 1 aliphatic carbocycles. The van der Waals surface area contributed by atoms with E-state index in [0.717, 1.165) is 29.9 Å². The van der Waals surface area contributed by atoms with Crippen LogP contribution in [0, 0.1) is 0 Å². The second kappa shape index (κ2) is 11.0. The maximum atomic E-state index is 12.9. The molecule has 10 nitrogen and oxygen atoms in total. The molecule has 10 heteroatoms. The van der Waals surface area contributed by atoms with E-state index in [1.54, 1.807) is 31.3 Å². The van der Waals surface area contributed by atoms with Crippen molar-refractivity contribution in [3.8, 4) is 11.5 Å². The molecule has 1 spiro atoms. The van der Waals surface area contributed by atoms with E-state index < -0.39 is 36.6 Å². The van der Waals surface area contributed by atoms with Crippen molar-refractivity contribution in [2.45, 2.75) is 44.6 Å². The third-order valence-corrected chi connectivity index (χ3v) is 5.96. The highest BCUT2D eigenvalue weighted by Gasteiger charge is 2.55. The number of urea groups is 1. The van der Waals surface area contributed by atoms with Crippen molar-refractivity contribution >= 4 is 23.8 Å². The number of hydrogen-bond donors (Lipinski definition) is 1. The van der Waals surface area contributed by atoms with Gasteiger partial charge in [-0.05, 0) is 44.0 Å². The highest BCUT2D eigenvalue weighted by Crippen LogP contribution is 2.39. The molecule has 1 N–H and O–H groups in total. The number of carbonyl (C=O) groups excluding carboxylic acids is 4. The Labute approximate surface area is 193 Å². The predicted molar refractivity (Wildman–Crippen MR) is 118 cm³/mol. The van der Waals surface area contributed by atoms with Gasteiger partial charge in [-0.1, -0.05) is 19.3 Å². The third kappa shape index (κ3) is 5.74. The largest absolute Gasteiger partial charge is 0.494 e. The van der Waals surface area contributed by atoms with Gasteiger partial charge in [-0.2, -0.15) is 0 Å². The van der Waals surface area contributed by atoms with E-state index in [2.05, 4.69) is 5.32 Å². The number of nitrogens with zero attached hydrogens (tertiary/aromatic N) is 2. The zero-order chi connectivity index (χ0) is 23.8. The molecule has 1 saturated heterocycles. The van der Waals surface area contributed by atoms with Gasteiger partial charge in [0.25, 0.3) is 11.8 Å². The van der Waals surface area contributed by atoms with Gasteiger partial charge in [0.1, 0.15) is 30.2 Å². The molecule has 1 aromatic carbocycles. The van der Waals surface area contributed by atoms with Crippen LogP contribution in [0.2, 0.25) is 0 Å². The summed E-state index contributed by atoms with van der Waals surface area (Å²) in [4.78, 5) is 51.9. The Hall–Kier alpha value is -3.30. The van der Waals surface area contributed by atoms with Crippen LogP contribution in [0.4, 0.5) is 4.79 Å². The van der Waals surface area contributed by atoms with Gasteiger partial charge < -0.3 is 24.4 Å². The summed E-state index contributed by atoms with van der Waals surface area (Å²) in [6.45, 7) is 1.94. The fourth-order valence-corrected chi connectivity index (χ4v) is 4.20. The molecule has 1 aromatic rings. The van der Waals surface area contributed by atoms with Crippen molar-refractivity contribution in [3.63, 3.8) is 0 Å². The van der Waals surface area contributed by atoms with Crippen molar-refractivity contribution < 1.29 is 33.4 Å². The zero-order valence-corrected chi connectivity index (χ0v) is 19.1. The molecule has 0 unspecified atom stereocenters. The van der Waals surface area contributed by atoms with Crippen molar-refractivity contribution in [1.82, 2.24) is 15.1 Å². The number of nitrogens with one attached hydrogen (secondary N) is 1. The minimum atomic E-state index is -0.851. The van der Waals surface area contributed by atoms with Gasteiger partial charge in [-0.15, -0.1) is 0 Å². The number of rotatable bonds is 10. The van der Waals surface area contributed by atoms with Crippen LogP contribution in [-0.2, 0) is 19.1 Å². The molecule has 0 radical (unpaired) electrons. The van der Waals surface area contributed by atoms with Gasteiger partial charge in [-0.25, -0.2) is 4.79 Å². The lowest BCUT2D eigenvalue weighted by Gasteiger charge is -2.35. The lowest BCUT2D eigenvalue weighted by atomic mass is 9.81. The second-order valence-corrected chi connectivity index (χ2v) is 8.09. The number of esters is 1. The number of benzene rings is 1. The summed E-state index contributed by atoms with van der Waals surface area (Å²) in [5.74, 6) is -0.280. The van der Waals surface area contributed by atoms with Gasteiger partial charge in [-0.3, -0.25) is 19.3 Å². The van der Waals surface area contributed by atoms with Gasteiger partial charge >= 0.3 is 12.0 Å². The minimum absolute atomic E-state index is 0.222. The Bertz CT molecular complexity index is 865. The summed E-state index contributed by atoms with van der Waals surface area (Å²) in [7, 11) is 1.60. The van der Waals surface area contributed by atoms with Crippen LogP contribution in [0.3, 0.4) is 0 Å². The second-order valence-electron chi connectivity index (χ2n) is 8.09. The van der Waals surface area contributed by atoms with Crippen LogP contribution in [-0.4, -0.2) is 79.1 Å². The molecule has 33 heavy (non-hydrogen) atoms. The summed E-state index contributed by atoms with van der Waals surface area (Å²) >= 11 is 0. The van der Waals surface area contributed by atoms with Crippen LogP contribution < -0.4 is 14.8 Å². The maximum Gasteiger partial charge on any atom is 0.327 e. The molecule has 0 aromatic heterocycles. The number of hydrogen-bond acceptors (Lipinski definition) is 7. The lowest BCUT2D eigenvalue weighted by molar-refractivity contribution is -0.151. The fraction of sp³-hybridized carbons (Fsp3) is 0.565. The average Bonchev–Trinajstić information content (AvgIpc) is 2.98. The molecular weight excluding hydrogens is 430 g/mol. The Morgan fingerprint density at radius 3 is 2.30 bits per heavy atom. The van der Waals surface area contributed by atoms with Crippen molar-refractivity contribution in [2.24, 2.45) is 0 Å². The Balaban J connectivity index is 1.36. The monoisotopic (exact) mass is 461 g/mol. The maximum absolute atomic E-state index is 12.9. The highest BCUT2D eigenvalue weighted by molar-refractivity contribution is 6.08. The summed E-state index contributed by atoms with van der Waals surface area (Å²) in [6.07, 6.45) is 3.95. The summed E-state index contributed by atoms with van der Waals surface area (Å²) in [5, 5.41) is 2.58. The molecule has 2 fully saturated rings. The number of carbonyl (C=O) groups is 4. The van der Waals surface area contributed by atoms with E-state index in [1.165, 1.54) is 4.90 Å². The minimum Gasteiger partial charge on any atom is -0.494 e. The van der Waals surface area contributed by atoms with Crippen molar-refractivity contribution in [1.29, 1.82) is 0 Å². The summed E-state index contributed by atoms with van der Waals surface area (Å²) in [5.41, 5.74) is -0.851. The first-order valence-corrected chi connectivity index (χ1v) is 11.2. The highest BCUT2D eigenvalue weighted by atomic mass is 16.5. The van der Waals surface area contributed by atoms with Crippen LogP contribution in [0.15, 0.2) is 24.3 Å². The Morgan fingerprint density at radius 1 is 1.03 bits per heavy atom. The van der Waals surface area contributed by atoms with Crippen LogP contribution >= 0.6 is 0 Å². The van der Waals surface area contributed by atoms with Crippen molar-refractivity contribution in [3.05, 3.63) is 24.3 Å². The summed E-state index contributed by atoms with van der Waals surface area (Å²) in [6, 6.07) is 6.62. The molecule has 0 bridgehead atoms. The smallest absolute Gasteiger partial charge is 0.327 e. The van der Waals surface area contributed by atoms with E-state index in [1.807, 2.05) is 6.92 Å². The topological polar surface area (TPSA) is 114 Å². The average molecular weight is 462 g/mol. The van der Waals surface area contributed by atoms with E-state index in [4.69, 9.17) is 14.2 Å². The molecule has 3 rings (SSSR count). The van der Waals surface area contributed by atoms with Gasteiger partial charge in [0, 0.05) is 7.05 Å². The number of imide groups is 1. The van der Waals surface area contributed by atoms with E-state index in [9.17, 15) is 19.2 Å². The molecule has 0 atom stereocenters. The third-order valence-electron chi connectivity index (χ3n) is 5.96. The van der Waals surface area contributed by atoms with E-state index in [-0.39, 0.29) is 19.1 Å². The van der Waals surface area contributed by atoms with E-state index in [0.29, 0.717) is 25.2 Å². The zero-order valence-electron chi connectivity index (χ0n) is 19.1. The predicted octanol–water partition coefficient (Wildman–Crippen LogP) is 1.72. The van der Waals surface area contributed by atoms with E-state index >= 15 is 0 Å². The lowest BCUT2D eigenvalue weighted by Crippen LogP contribution is -2.49. The SMILES string of the molecule is CCOc1ccc(OCCNC(=O)COC(=O)CN2C(=O)N(C)C3(CCCCC3)C2=O)cc1. The van der Waals surface area contributed by atoms with Gasteiger partial charge in [0.2, 0.25) is 0 Å². The van der Waals surface area contributed by atoms with Crippen molar-refractivity contribution in [2.75, 3.05) is 40.0 Å². The Morgan fingerprint density at radius 2 is 1.67 bits per heavy atom. The first-order valence-electron chi connectivity index (χ1n) is 11.2. The van der Waals surface area contributed by atoms with Gasteiger partial charge in [0.15, 0.2) is 6.61 Å². The number of likely N-dealkylation sites (N-methyl/N-ethyl adjacent to an activating group) is 1. The van der Waals surface area contributed by atoms with Crippen LogP contribution in [0.25, 0.3) is 0 Å². The molecule has 1 heterocycles. The molecule has 4 amide bonds. The van der Waals surface area contributed by atoms with Crippen LogP contribution in [0.5, 0.6) is 11.5 Å². The first kappa shape index (κ1) is 24.3. The quantitative estimate of drug-likeness (QED) is 0.321. The summed E-state index contributed by atoms with van der Waals surface area (Å²) < 4.78 is 15.8. The number of amides is 4.